The van der Waals surface area contributed by atoms with Crippen LogP contribution in [0.3, 0.4) is 0 Å². The maximum atomic E-state index is 4.63. The summed E-state index contributed by atoms with van der Waals surface area (Å²) in [6, 6.07) is 16.7. The van der Waals surface area contributed by atoms with Crippen LogP contribution >= 0.6 is 11.3 Å². The van der Waals surface area contributed by atoms with Gasteiger partial charge in [0.05, 0.1) is 10.2 Å². The topological polar surface area (TPSA) is 24.9 Å². The zero-order chi connectivity index (χ0) is 12.4. The number of aromatic nitrogens is 1. The molecular formula is C15H14N2S. The molecule has 0 saturated heterocycles. The van der Waals surface area contributed by atoms with Gasteiger partial charge < -0.3 is 5.32 Å². The number of thiazole rings is 1. The molecule has 1 N–H and O–H groups in total. The van der Waals surface area contributed by atoms with E-state index in [0.717, 1.165) is 17.2 Å². The van der Waals surface area contributed by atoms with Crippen molar-refractivity contribution in [1.29, 1.82) is 0 Å². The van der Waals surface area contributed by atoms with Gasteiger partial charge in [0.2, 0.25) is 0 Å². The van der Waals surface area contributed by atoms with Gasteiger partial charge in [-0.05, 0) is 24.1 Å². The lowest BCUT2D eigenvalue weighted by atomic mass is 10.2. The summed E-state index contributed by atoms with van der Waals surface area (Å²) in [6.45, 7) is 2.92. The summed E-state index contributed by atoms with van der Waals surface area (Å²) in [5.74, 6) is 0. The molecule has 2 nitrogen and oxygen atoms in total. The lowest BCUT2D eigenvalue weighted by Gasteiger charge is -2.01. The van der Waals surface area contributed by atoms with E-state index in [0.29, 0.717) is 0 Å². The van der Waals surface area contributed by atoms with Crippen LogP contribution in [0.15, 0.2) is 48.5 Å². The number of anilines is 1. The number of rotatable bonds is 3. The third kappa shape index (κ3) is 2.22. The second-order valence-corrected chi connectivity index (χ2v) is 5.31. The molecule has 0 aliphatic carbocycles. The molecule has 0 atom stereocenters. The summed E-state index contributed by atoms with van der Waals surface area (Å²) in [4.78, 5) is 4.63. The van der Waals surface area contributed by atoms with Crippen molar-refractivity contribution < 1.29 is 0 Å². The van der Waals surface area contributed by atoms with E-state index in [-0.39, 0.29) is 0 Å². The van der Waals surface area contributed by atoms with E-state index in [2.05, 4.69) is 59.7 Å². The molecule has 18 heavy (non-hydrogen) atoms. The smallest absolute Gasteiger partial charge is 0.184 e. The number of hydrogen-bond donors (Lipinski definition) is 1. The number of hydrogen-bond acceptors (Lipinski definition) is 3. The number of aryl methyl sites for hydroxylation is 1. The molecule has 0 spiro atoms. The minimum absolute atomic E-state index is 0.819. The molecule has 0 amide bonds. The van der Waals surface area contributed by atoms with E-state index >= 15 is 0 Å². The van der Waals surface area contributed by atoms with Crippen molar-refractivity contribution >= 4 is 26.7 Å². The molecule has 0 aliphatic heterocycles. The predicted molar refractivity (Wildman–Crippen MR) is 78.1 cm³/mol. The minimum atomic E-state index is 0.819. The summed E-state index contributed by atoms with van der Waals surface area (Å²) in [6.07, 6.45) is 0. The number of para-hydroxylation sites is 1. The van der Waals surface area contributed by atoms with Crippen molar-refractivity contribution in [2.45, 2.75) is 13.5 Å². The Morgan fingerprint density at radius 1 is 1.06 bits per heavy atom. The third-order valence-electron chi connectivity index (χ3n) is 2.91. The van der Waals surface area contributed by atoms with Gasteiger partial charge in [-0.3, -0.25) is 0 Å². The summed E-state index contributed by atoms with van der Waals surface area (Å²) in [7, 11) is 0. The number of benzene rings is 2. The van der Waals surface area contributed by atoms with E-state index in [1.54, 1.807) is 11.3 Å². The maximum absolute atomic E-state index is 4.63. The van der Waals surface area contributed by atoms with Crippen LogP contribution in [0.5, 0.6) is 0 Å². The van der Waals surface area contributed by atoms with Gasteiger partial charge in [-0.2, -0.15) is 0 Å². The van der Waals surface area contributed by atoms with Gasteiger partial charge in [0.1, 0.15) is 0 Å². The van der Waals surface area contributed by atoms with Gasteiger partial charge in [-0.1, -0.05) is 53.8 Å². The van der Waals surface area contributed by atoms with E-state index in [1.165, 1.54) is 15.8 Å². The molecule has 0 fully saturated rings. The average Bonchev–Trinajstić information content (AvgIpc) is 2.82. The highest BCUT2D eigenvalue weighted by atomic mass is 32.1. The molecular weight excluding hydrogens is 240 g/mol. The van der Waals surface area contributed by atoms with Crippen molar-refractivity contribution in [1.82, 2.24) is 4.98 Å². The highest BCUT2D eigenvalue weighted by molar-refractivity contribution is 7.22. The average molecular weight is 254 g/mol. The Hall–Kier alpha value is -1.87. The molecule has 1 aromatic heterocycles. The van der Waals surface area contributed by atoms with E-state index in [4.69, 9.17) is 0 Å². The highest BCUT2D eigenvalue weighted by Gasteiger charge is 2.04. The van der Waals surface area contributed by atoms with E-state index < -0.39 is 0 Å². The molecule has 1 heterocycles. The van der Waals surface area contributed by atoms with Crippen LogP contribution in [0, 0.1) is 6.92 Å². The maximum Gasteiger partial charge on any atom is 0.184 e. The summed E-state index contributed by atoms with van der Waals surface area (Å²) < 4.78 is 1.24. The van der Waals surface area contributed by atoms with Gasteiger partial charge in [-0.15, -0.1) is 0 Å². The van der Waals surface area contributed by atoms with Crippen LogP contribution in [-0.4, -0.2) is 4.98 Å². The van der Waals surface area contributed by atoms with Gasteiger partial charge >= 0.3 is 0 Å². The molecule has 0 saturated carbocycles. The predicted octanol–water partition coefficient (Wildman–Crippen LogP) is 4.22. The fourth-order valence-electron chi connectivity index (χ4n) is 1.94. The summed E-state index contributed by atoms with van der Waals surface area (Å²) >= 11 is 1.71. The van der Waals surface area contributed by atoms with Crippen LogP contribution in [0.25, 0.3) is 10.2 Å². The second kappa shape index (κ2) is 4.78. The fourth-order valence-corrected chi connectivity index (χ4v) is 2.87. The first kappa shape index (κ1) is 11.2. The van der Waals surface area contributed by atoms with E-state index in [1.807, 2.05) is 6.07 Å². The monoisotopic (exact) mass is 254 g/mol. The Balaban J connectivity index is 1.81. The molecule has 0 aliphatic rings. The lowest BCUT2D eigenvalue weighted by molar-refractivity contribution is 1.14. The first-order chi connectivity index (χ1) is 8.83. The second-order valence-electron chi connectivity index (χ2n) is 4.28. The number of fused-ring (bicyclic) bond motifs is 1. The van der Waals surface area contributed by atoms with Gasteiger partial charge in [0, 0.05) is 6.54 Å². The lowest BCUT2D eigenvalue weighted by Crippen LogP contribution is -1.98. The van der Waals surface area contributed by atoms with Crippen molar-refractivity contribution in [2.75, 3.05) is 5.32 Å². The van der Waals surface area contributed by atoms with Crippen molar-refractivity contribution in [3.63, 3.8) is 0 Å². The number of nitrogens with one attached hydrogen (secondary N) is 1. The van der Waals surface area contributed by atoms with Crippen molar-refractivity contribution in [2.24, 2.45) is 0 Å². The SMILES string of the molecule is Cc1cccc2sc(NCc3ccccc3)nc12. The van der Waals surface area contributed by atoms with Crippen LogP contribution in [0.4, 0.5) is 5.13 Å². The quantitative estimate of drug-likeness (QED) is 0.757. The molecule has 3 heteroatoms. The van der Waals surface area contributed by atoms with Crippen molar-refractivity contribution in [3.05, 3.63) is 59.7 Å². The van der Waals surface area contributed by atoms with Gasteiger partial charge in [-0.25, -0.2) is 4.98 Å². The first-order valence-electron chi connectivity index (χ1n) is 5.97. The summed E-state index contributed by atoms with van der Waals surface area (Å²) in [5.41, 5.74) is 3.61. The molecule has 2 aromatic carbocycles. The van der Waals surface area contributed by atoms with Gasteiger partial charge in [0.25, 0.3) is 0 Å². The Kier molecular flexibility index (Phi) is 2.99. The third-order valence-corrected chi connectivity index (χ3v) is 3.89. The van der Waals surface area contributed by atoms with Crippen molar-refractivity contribution in [3.8, 4) is 0 Å². The summed E-state index contributed by atoms with van der Waals surface area (Å²) in [5, 5.41) is 4.37. The van der Waals surface area contributed by atoms with Crippen LogP contribution < -0.4 is 5.32 Å². The Morgan fingerprint density at radius 2 is 1.89 bits per heavy atom. The molecule has 3 rings (SSSR count). The first-order valence-corrected chi connectivity index (χ1v) is 6.78. The molecule has 0 radical (unpaired) electrons. The molecule has 3 aromatic rings. The minimum Gasteiger partial charge on any atom is -0.357 e. The molecule has 0 bridgehead atoms. The van der Waals surface area contributed by atoms with Crippen LogP contribution in [0.1, 0.15) is 11.1 Å². The normalized spacial score (nSPS) is 10.7. The zero-order valence-corrected chi connectivity index (χ0v) is 11.0. The number of nitrogens with zero attached hydrogens (tertiary/aromatic N) is 1. The molecule has 90 valence electrons. The zero-order valence-electron chi connectivity index (χ0n) is 10.2. The Bertz CT molecular complexity index is 659. The Labute approximate surface area is 110 Å². The highest BCUT2D eigenvalue weighted by Crippen LogP contribution is 2.28. The van der Waals surface area contributed by atoms with Crippen LogP contribution in [0.2, 0.25) is 0 Å². The van der Waals surface area contributed by atoms with E-state index in [9.17, 15) is 0 Å². The van der Waals surface area contributed by atoms with Gasteiger partial charge in [0.15, 0.2) is 5.13 Å². The molecule has 0 unspecified atom stereocenters. The standard InChI is InChI=1S/C15H14N2S/c1-11-6-5-9-13-14(11)17-15(18-13)16-10-12-7-3-2-4-8-12/h2-9H,10H2,1H3,(H,16,17). The fraction of sp³-hybridized carbons (Fsp3) is 0.133. The van der Waals surface area contributed by atoms with Crippen LogP contribution in [-0.2, 0) is 6.54 Å². The Morgan fingerprint density at radius 3 is 2.67 bits per heavy atom. The largest absolute Gasteiger partial charge is 0.357 e.